The molecule has 0 saturated heterocycles. The van der Waals surface area contributed by atoms with Crippen molar-refractivity contribution >= 4 is 119 Å². The fourth-order valence-corrected chi connectivity index (χ4v) is 8.02. The highest BCUT2D eigenvalue weighted by atomic mass is 79.9. The molecule has 14 heteroatoms. The normalized spacial score (nSPS) is 42.3. The topological polar surface area (TPSA) is 95.5 Å². The number of hydrazine groups is 1. The first-order valence-electron chi connectivity index (χ1n) is 7.54. The number of nitrogens with one attached hydrogen (secondary N) is 2. The number of amides is 2. The second kappa shape index (κ2) is 6.67. The SMILES string of the molecule is C[C@@]1(C(=O)NNC(=O)[C@@H]2[C@@H](C(=O)O)[C@@]3(Cl)C(Cl)=C(Cl)[C@@]2(Cl)C3(Cl)Cl)CC1(Br)Br. The van der Waals surface area contributed by atoms with E-state index in [0.717, 1.165) is 0 Å². The van der Waals surface area contributed by atoms with Crippen LogP contribution >= 0.6 is 101 Å². The molecule has 156 valence electrons. The van der Waals surface area contributed by atoms with Gasteiger partial charge in [0.05, 0.1) is 30.5 Å². The van der Waals surface area contributed by atoms with Gasteiger partial charge in [-0.1, -0.05) is 78.3 Å². The molecule has 0 heterocycles. The number of hydrogen-bond donors (Lipinski definition) is 3. The van der Waals surface area contributed by atoms with Crippen LogP contribution in [0.15, 0.2) is 10.1 Å². The van der Waals surface area contributed by atoms with Crippen molar-refractivity contribution in [1.29, 1.82) is 0 Å². The molecule has 3 N–H and O–H groups in total. The van der Waals surface area contributed by atoms with Gasteiger partial charge in [0, 0.05) is 0 Å². The van der Waals surface area contributed by atoms with Gasteiger partial charge in [0.15, 0.2) is 4.33 Å². The zero-order valence-corrected chi connectivity index (χ0v) is 21.3. The van der Waals surface area contributed by atoms with Crippen LogP contribution in [0.5, 0.6) is 0 Å². The van der Waals surface area contributed by atoms with Gasteiger partial charge >= 0.3 is 5.97 Å². The second-order valence-electron chi connectivity index (χ2n) is 7.08. The first-order chi connectivity index (χ1) is 12.5. The Bertz CT molecular complexity index is 854. The van der Waals surface area contributed by atoms with Gasteiger partial charge in [-0.25, -0.2) is 0 Å². The van der Waals surface area contributed by atoms with Crippen LogP contribution in [0.4, 0.5) is 0 Å². The van der Waals surface area contributed by atoms with Gasteiger partial charge in [0.1, 0.15) is 9.75 Å². The largest absolute Gasteiger partial charge is 0.481 e. The number of carbonyl (C=O) groups excluding carboxylic acids is 2. The number of hydrogen-bond acceptors (Lipinski definition) is 3. The van der Waals surface area contributed by atoms with Gasteiger partial charge < -0.3 is 5.11 Å². The fourth-order valence-electron chi connectivity index (χ4n) is 3.61. The van der Waals surface area contributed by atoms with Gasteiger partial charge in [-0.2, -0.15) is 0 Å². The summed E-state index contributed by atoms with van der Waals surface area (Å²) in [6, 6.07) is 0. The van der Waals surface area contributed by atoms with Crippen molar-refractivity contribution < 1.29 is 19.5 Å². The van der Waals surface area contributed by atoms with Crippen molar-refractivity contribution in [3.63, 3.8) is 0 Å². The van der Waals surface area contributed by atoms with Crippen LogP contribution in [-0.2, 0) is 14.4 Å². The summed E-state index contributed by atoms with van der Waals surface area (Å²) in [7, 11) is 0. The van der Waals surface area contributed by atoms with Crippen molar-refractivity contribution in [3.05, 3.63) is 10.1 Å². The summed E-state index contributed by atoms with van der Waals surface area (Å²) in [6.45, 7) is 1.66. The molecule has 2 saturated carbocycles. The number of halogens is 8. The Labute approximate surface area is 206 Å². The minimum Gasteiger partial charge on any atom is -0.481 e. The van der Waals surface area contributed by atoms with Crippen LogP contribution in [0.25, 0.3) is 0 Å². The van der Waals surface area contributed by atoms with Crippen LogP contribution < -0.4 is 10.9 Å². The highest BCUT2D eigenvalue weighted by molar-refractivity contribution is 9.25. The summed E-state index contributed by atoms with van der Waals surface area (Å²) in [6.07, 6.45) is 0.462. The zero-order chi connectivity index (χ0) is 21.7. The Morgan fingerprint density at radius 2 is 1.43 bits per heavy atom. The molecule has 0 aromatic carbocycles. The summed E-state index contributed by atoms with van der Waals surface area (Å²) < 4.78 is -2.82. The summed E-state index contributed by atoms with van der Waals surface area (Å²) in [5, 5.41) is 9.02. The average molecular weight is 643 g/mol. The molecule has 0 radical (unpaired) electrons. The molecule has 2 bridgehead atoms. The van der Waals surface area contributed by atoms with Crippen molar-refractivity contribution in [2.75, 3.05) is 0 Å². The number of carbonyl (C=O) groups is 3. The number of carboxylic acids is 1. The maximum Gasteiger partial charge on any atom is 0.309 e. The monoisotopic (exact) mass is 638 g/mol. The number of fused-ring (bicyclic) bond motifs is 2. The van der Waals surface area contributed by atoms with E-state index in [1.165, 1.54) is 0 Å². The van der Waals surface area contributed by atoms with Crippen molar-refractivity contribution in [2.24, 2.45) is 17.3 Å². The van der Waals surface area contributed by atoms with Crippen LogP contribution in [0, 0.1) is 17.3 Å². The Kier molecular flexibility index (Phi) is 5.60. The third-order valence-electron chi connectivity index (χ3n) is 5.54. The number of allylic oxidation sites excluding steroid dienone is 2. The third kappa shape index (κ3) is 2.61. The second-order valence-corrected chi connectivity index (χ2v) is 14.1. The van der Waals surface area contributed by atoms with Crippen LogP contribution in [0.1, 0.15) is 13.3 Å². The Morgan fingerprint density at radius 1 is 1.00 bits per heavy atom. The maximum atomic E-state index is 12.9. The van der Waals surface area contributed by atoms with E-state index in [1.807, 2.05) is 0 Å². The zero-order valence-electron chi connectivity index (χ0n) is 13.6. The lowest BCUT2D eigenvalue weighted by atomic mass is 9.81. The first kappa shape index (κ1) is 23.5. The molecule has 3 rings (SSSR count). The molecule has 0 unspecified atom stereocenters. The first-order valence-corrected chi connectivity index (χ1v) is 11.4. The minimum absolute atomic E-state index is 0.325. The molecule has 0 spiro atoms. The van der Waals surface area contributed by atoms with E-state index in [-0.39, 0.29) is 10.1 Å². The van der Waals surface area contributed by atoms with Crippen molar-refractivity contribution in [3.8, 4) is 0 Å². The van der Waals surface area contributed by atoms with Crippen LogP contribution in [0.2, 0.25) is 0 Å². The molecule has 0 aliphatic heterocycles. The molecule has 0 aromatic rings. The number of alkyl halides is 6. The molecule has 3 aliphatic rings. The van der Waals surface area contributed by atoms with Crippen LogP contribution in [-0.4, -0.2) is 40.2 Å². The van der Waals surface area contributed by atoms with Gasteiger partial charge in [-0.15, -0.1) is 23.2 Å². The van der Waals surface area contributed by atoms with Gasteiger partial charge in [-0.3, -0.25) is 25.2 Å². The fraction of sp³-hybridized carbons (Fsp3) is 0.643. The third-order valence-corrected chi connectivity index (χ3v) is 12.1. The number of aliphatic carboxylic acids is 1. The van der Waals surface area contributed by atoms with E-state index < -0.39 is 52.3 Å². The number of carboxylic acid groups (broad SMARTS) is 1. The minimum atomic E-state index is -2.21. The molecule has 2 fully saturated rings. The smallest absolute Gasteiger partial charge is 0.309 e. The average Bonchev–Trinajstić information content (AvgIpc) is 3.03. The molecule has 2 amide bonds. The van der Waals surface area contributed by atoms with E-state index in [0.29, 0.717) is 6.42 Å². The highest BCUT2D eigenvalue weighted by Gasteiger charge is 2.85. The van der Waals surface area contributed by atoms with Gasteiger partial charge in [-0.05, 0) is 13.3 Å². The summed E-state index contributed by atoms with van der Waals surface area (Å²) in [4.78, 5) is 32.9. The Hall–Kier alpha value is 0.850. The summed E-state index contributed by atoms with van der Waals surface area (Å²) in [5.74, 6) is -6.34. The molecule has 6 nitrogen and oxygen atoms in total. The quantitative estimate of drug-likeness (QED) is 0.318. The molecule has 0 aromatic heterocycles. The van der Waals surface area contributed by atoms with E-state index >= 15 is 0 Å². The Morgan fingerprint density at radius 3 is 1.82 bits per heavy atom. The lowest BCUT2D eigenvalue weighted by Gasteiger charge is -2.33. The van der Waals surface area contributed by atoms with Crippen molar-refractivity contribution in [2.45, 2.75) is 30.7 Å². The lowest BCUT2D eigenvalue weighted by Crippen LogP contribution is -2.54. The maximum absolute atomic E-state index is 12.9. The van der Waals surface area contributed by atoms with E-state index in [1.54, 1.807) is 6.92 Å². The molecule has 5 atom stereocenters. The number of rotatable bonds is 3. The van der Waals surface area contributed by atoms with Crippen molar-refractivity contribution in [1.82, 2.24) is 10.9 Å². The van der Waals surface area contributed by atoms with Gasteiger partial charge in [0.25, 0.3) is 0 Å². The van der Waals surface area contributed by atoms with E-state index in [4.69, 9.17) is 69.6 Å². The Balaban J connectivity index is 1.92. The molecular weight excluding hydrogens is 633 g/mol. The predicted molar refractivity (Wildman–Crippen MR) is 115 cm³/mol. The van der Waals surface area contributed by atoms with E-state index in [9.17, 15) is 19.5 Å². The summed E-state index contributed by atoms with van der Waals surface area (Å²) in [5.41, 5.74) is 3.58. The highest BCUT2D eigenvalue weighted by Crippen LogP contribution is 2.76. The predicted octanol–water partition coefficient (Wildman–Crippen LogP) is 4.19. The lowest BCUT2D eigenvalue weighted by molar-refractivity contribution is -0.147. The standard InChI is InChI=1S/C14H10Br2Cl6N2O4/c1-10(2-11(10,15)16)9(28)24-23-7(25)3-4(8(26)27)13(20)6(18)5(17)12(3,19)14(13,21)22/h3-4H,2H2,1H3,(H,23,25)(H,24,28)(H,26,27)/t3-,4-,10-,12+,13+/m0/s1. The van der Waals surface area contributed by atoms with E-state index in [2.05, 4.69) is 42.7 Å². The molecule has 3 aliphatic carbocycles. The summed E-state index contributed by atoms with van der Waals surface area (Å²) >= 11 is 44.5. The van der Waals surface area contributed by atoms with Crippen LogP contribution in [0.3, 0.4) is 0 Å². The molecule has 28 heavy (non-hydrogen) atoms. The van der Waals surface area contributed by atoms with Gasteiger partial charge in [0.2, 0.25) is 11.8 Å². The molecular formula is C14H10Br2Cl6N2O4.